The maximum atomic E-state index is 14.1. The summed E-state index contributed by atoms with van der Waals surface area (Å²) < 4.78 is 14.1. The summed E-state index contributed by atoms with van der Waals surface area (Å²) in [6.45, 7) is 2.07. The summed E-state index contributed by atoms with van der Waals surface area (Å²) in [6, 6.07) is 8.97. The van der Waals surface area contributed by atoms with E-state index in [9.17, 15) is 18.8 Å². The summed E-state index contributed by atoms with van der Waals surface area (Å²) in [5.74, 6) is 0.954. The Bertz CT molecular complexity index is 1170. The van der Waals surface area contributed by atoms with E-state index >= 15 is 0 Å². The predicted molar refractivity (Wildman–Crippen MR) is 143 cm³/mol. The number of nitrogens with one attached hydrogen (secondary N) is 1. The van der Waals surface area contributed by atoms with Gasteiger partial charge >= 0.3 is 0 Å². The number of nitrogens with zero attached hydrogens (tertiary/aromatic N) is 2. The highest BCUT2D eigenvalue weighted by atomic mass is 32.2. The molecule has 1 aromatic carbocycles. The Morgan fingerprint density at radius 3 is 2.59 bits per heavy atom. The summed E-state index contributed by atoms with van der Waals surface area (Å²) in [7, 11) is 0. The molecule has 2 aliphatic heterocycles. The number of benzene rings is 1. The standard InChI is InChI=1S/C29H34FN3O3S/c1-2-18-4-3-5-20(14-18)28(35)32-22-8-6-19(7-9-22)24-16-26(34)25-15-21(30)17-31-27(25)33(29(24)36)23-10-12-37-13-11-23/h3-5,14-15,17,19,22-24H,2,6-13,16H2,1H3,(H,32,35). The first-order chi connectivity index (χ1) is 17.9. The molecule has 6 nitrogen and oxygen atoms in total. The van der Waals surface area contributed by atoms with Crippen molar-refractivity contribution in [2.24, 2.45) is 11.8 Å². The highest BCUT2D eigenvalue weighted by molar-refractivity contribution is 7.99. The van der Waals surface area contributed by atoms with Crippen LogP contribution >= 0.6 is 11.8 Å². The van der Waals surface area contributed by atoms with Crippen molar-refractivity contribution in [1.82, 2.24) is 10.3 Å². The number of anilines is 1. The first kappa shape index (κ1) is 25.9. The molecule has 1 N–H and O–H groups in total. The van der Waals surface area contributed by atoms with E-state index in [1.165, 1.54) is 6.07 Å². The maximum absolute atomic E-state index is 14.1. The summed E-state index contributed by atoms with van der Waals surface area (Å²) in [5.41, 5.74) is 2.03. The minimum Gasteiger partial charge on any atom is -0.349 e. The predicted octanol–water partition coefficient (Wildman–Crippen LogP) is 5.20. The van der Waals surface area contributed by atoms with Crippen molar-refractivity contribution in [2.45, 2.75) is 70.4 Å². The fourth-order valence-electron chi connectivity index (χ4n) is 6.04. The van der Waals surface area contributed by atoms with Crippen LogP contribution in [0.2, 0.25) is 0 Å². The van der Waals surface area contributed by atoms with Crippen LogP contribution in [0.3, 0.4) is 0 Å². The number of halogens is 1. The molecule has 0 radical (unpaired) electrons. The lowest BCUT2D eigenvalue weighted by Crippen LogP contribution is -2.48. The number of carbonyl (C=O) groups excluding carboxylic acids is 3. The van der Waals surface area contributed by atoms with E-state index in [1.807, 2.05) is 36.0 Å². The lowest BCUT2D eigenvalue weighted by molar-refractivity contribution is -0.125. The van der Waals surface area contributed by atoms with E-state index in [1.54, 1.807) is 4.90 Å². The number of amides is 2. The van der Waals surface area contributed by atoms with Gasteiger partial charge in [-0.15, -0.1) is 0 Å². The third-order valence-corrected chi connectivity index (χ3v) is 9.20. The highest BCUT2D eigenvalue weighted by Gasteiger charge is 2.43. The Morgan fingerprint density at radius 1 is 1.11 bits per heavy atom. The van der Waals surface area contributed by atoms with Gasteiger partial charge in [0.05, 0.1) is 11.8 Å². The van der Waals surface area contributed by atoms with E-state index in [0.717, 1.165) is 68.2 Å². The summed E-state index contributed by atoms with van der Waals surface area (Å²) >= 11 is 1.87. The molecule has 3 heterocycles. The van der Waals surface area contributed by atoms with Crippen molar-refractivity contribution in [1.29, 1.82) is 0 Å². The molecule has 8 heteroatoms. The number of pyridine rings is 1. The molecule has 0 spiro atoms. The number of thioether (sulfide) groups is 1. The molecule has 1 aliphatic carbocycles. The average Bonchev–Trinajstić information content (AvgIpc) is 3.03. The van der Waals surface area contributed by atoms with Gasteiger partial charge in [0.15, 0.2) is 5.78 Å². The van der Waals surface area contributed by atoms with Crippen LogP contribution in [-0.4, -0.2) is 46.2 Å². The fourth-order valence-corrected chi connectivity index (χ4v) is 7.12. The average molecular weight is 524 g/mol. The molecule has 0 bridgehead atoms. The van der Waals surface area contributed by atoms with Gasteiger partial charge in [0.2, 0.25) is 5.91 Å². The molecule has 3 aliphatic rings. The van der Waals surface area contributed by atoms with Crippen molar-refractivity contribution in [2.75, 3.05) is 16.4 Å². The van der Waals surface area contributed by atoms with Crippen LogP contribution in [-0.2, 0) is 11.2 Å². The van der Waals surface area contributed by atoms with E-state index in [-0.39, 0.29) is 47.6 Å². The fraction of sp³-hybridized carbons (Fsp3) is 0.517. The molecule has 1 atom stereocenters. The smallest absolute Gasteiger partial charge is 0.251 e. The van der Waals surface area contributed by atoms with Crippen LogP contribution in [0.25, 0.3) is 0 Å². The molecule has 2 amide bonds. The summed E-state index contributed by atoms with van der Waals surface area (Å²) in [6.07, 6.45) is 6.80. The van der Waals surface area contributed by atoms with Crippen LogP contribution in [0.1, 0.15) is 78.1 Å². The molecule has 2 fully saturated rings. The van der Waals surface area contributed by atoms with Gasteiger partial charge in [0.1, 0.15) is 11.6 Å². The zero-order valence-corrected chi connectivity index (χ0v) is 22.1. The van der Waals surface area contributed by atoms with Crippen LogP contribution in [0, 0.1) is 17.7 Å². The zero-order chi connectivity index (χ0) is 25.9. The Labute approximate surface area is 221 Å². The molecule has 1 saturated carbocycles. The van der Waals surface area contributed by atoms with Crippen molar-refractivity contribution in [3.8, 4) is 0 Å². The van der Waals surface area contributed by atoms with Gasteiger partial charge in [-0.3, -0.25) is 19.3 Å². The first-order valence-electron chi connectivity index (χ1n) is 13.4. The number of fused-ring (bicyclic) bond motifs is 1. The first-order valence-corrected chi connectivity index (χ1v) is 14.6. The van der Waals surface area contributed by atoms with Crippen molar-refractivity contribution >= 4 is 35.2 Å². The minimum atomic E-state index is -0.558. The Morgan fingerprint density at radius 2 is 1.86 bits per heavy atom. The number of aryl methyl sites for hydroxylation is 1. The molecule has 1 saturated heterocycles. The van der Waals surface area contributed by atoms with E-state index in [2.05, 4.69) is 17.2 Å². The van der Waals surface area contributed by atoms with Crippen molar-refractivity contribution in [3.05, 3.63) is 59.0 Å². The zero-order valence-electron chi connectivity index (χ0n) is 21.2. The largest absolute Gasteiger partial charge is 0.349 e. The number of Topliss-reactive ketones (excluding diaryl/α,β-unsaturated/α-hetero) is 1. The molecule has 1 unspecified atom stereocenters. The van der Waals surface area contributed by atoms with Gasteiger partial charge in [-0.1, -0.05) is 19.1 Å². The number of aromatic nitrogens is 1. The summed E-state index contributed by atoms with van der Waals surface area (Å²) in [4.78, 5) is 46.1. The SMILES string of the molecule is CCc1cccc(C(=O)NC2CCC(C3CC(=O)c4cc(F)cnc4N(C4CCSCC4)C3=O)CC2)c1. The second kappa shape index (κ2) is 11.3. The van der Waals surface area contributed by atoms with Gasteiger partial charge in [-0.05, 0) is 86.1 Å². The van der Waals surface area contributed by atoms with E-state index in [4.69, 9.17) is 0 Å². The number of rotatable bonds is 5. The van der Waals surface area contributed by atoms with Gasteiger partial charge in [-0.25, -0.2) is 9.37 Å². The maximum Gasteiger partial charge on any atom is 0.251 e. The van der Waals surface area contributed by atoms with Crippen molar-refractivity contribution in [3.63, 3.8) is 0 Å². The third kappa shape index (κ3) is 5.59. The molecular formula is C29H34FN3O3S. The minimum absolute atomic E-state index is 0.0200. The lowest BCUT2D eigenvalue weighted by atomic mass is 9.75. The number of hydrogen-bond acceptors (Lipinski definition) is 5. The number of ketones is 1. The highest BCUT2D eigenvalue weighted by Crippen LogP contribution is 2.40. The molecule has 5 rings (SSSR count). The second-order valence-corrected chi connectivity index (χ2v) is 11.7. The number of hydrogen-bond donors (Lipinski definition) is 1. The quantitative estimate of drug-likeness (QED) is 0.583. The Kier molecular flexibility index (Phi) is 7.93. The van der Waals surface area contributed by atoms with Gasteiger partial charge in [0, 0.05) is 30.0 Å². The molecule has 37 heavy (non-hydrogen) atoms. The molecular weight excluding hydrogens is 489 g/mol. The molecule has 1 aromatic heterocycles. The normalized spacial score (nSPS) is 24.9. The Balaban J connectivity index is 1.30. The Hall–Kier alpha value is -2.74. The lowest BCUT2D eigenvalue weighted by Gasteiger charge is -2.38. The number of carbonyl (C=O) groups is 3. The van der Waals surface area contributed by atoms with Crippen LogP contribution < -0.4 is 10.2 Å². The van der Waals surface area contributed by atoms with Crippen molar-refractivity contribution < 1.29 is 18.8 Å². The van der Waals surface area contributed by atoms with Crippen LogP contribution in [0.5, 0.6) is 0 Å². The van der Waals surface area contributed by atoms with E-state index < -0.39 is 11.7 Å². The van der Waals surface area contributed by atoms with E-state index in [0.29, 0.717) is 11.4 Å². The topological polar surface area (TPSA) is 79.4 Å². The van der Waals surface area contributed by atoms with Gasteiger partial charge < -0.3 is 5.32 Å². The third-order valence-electron chi connectivity index (χ3n) is 8.15. The van der Waals surface area contributed by atoms with Gasteiger partial charge in [-0.2, -0.15) is 11.8 Å². The molecule has 196 valence electrons. The monoisotopic (exact) mass is 523 g/mol. The summed E-state index contributed by atoms with van der Waals surface area (Å²) in [5, 5.41) is 3.17. The van der Waals surface area contributed by atoms with Gasteiger partial charge in [0.25, 0.3) is 5.91 Å². The molecule has 2 aromatic rings. The van der Waals surface area contributed by atoms with Crippen LogP contribution in [0.4, 0.5) is 10.2 Å². The second-order valence-electron chi connectivity index (χ2n) is 10.4. The van der Waals surface area contributed by atoms with Crippen LogP contribution in [0.15, 0.2) is 36.5 Å².